The topological polar surface area (TPSA) is 93.4 Å². The molecule has 0 radical (unpaired) electrons. The van der Waals surface area contributed by atoms with E-state index in [9.17, 15) is 15.2 Å². The number of hydrogen-bond acceptors (Lipinski definition) is 5. The summed E-state index contributed by atoms with van der Waals surface area (Å²) in [6.45, 7) is 7.67. The smallest absolute Gasteiger partial charge is 0.150 e. The van der Waals surface area contributed by atoms with Gasteiger partial charge in [-0.1, -0.05) is 62.2 Å². The van der Waals surface area contributed by atoms with E-state index in [4.69, 9.17) is 28.3 Å². The van der Waals surface area contributed by atoms with E-state index in [1.54, 1.807) is 30.3 Å². The zero-order valence-electron chi connectivity index (χ0n) is 21.7. The number of aliphatic hydroxyl groups excluding tert-OH is 2. The predicted molar refractivity (Wildman–Crippen MR) is 144 cm³/mol. The highest BCUT2D eigenvalue weighted by molar-refractivity contribution is 6.31. The van der Waals surface area contributed by atoms with Crippen LogP contribution in [0.1, 0.15) is 69.1 Å². The van der Waals surface area contributed by atoms with Crippen LogP contribution in [-0.2, 0) is 10.2 Å². The summed E-state index contributed by atoms with van der Waals surface area (Å²) in [5, 5.41) is 33.7. The Balaban J connectivity index is 2.24. The molecule has 3 rings (SSSR count). The van der Waals surface area contributed by atoms with Crippen molar-refractivity contribution in [3.8, 4) is 6.07 Å². The van der Waals surface area contributed by atoms with Crippen LogP contribution < -0.4 is 5.32 Å². The fourth-order valence-electron chi connectivity index (χ4n) is 5.63. The third-order valence-electron chi connectivity index (χ3n) is 7.22. The standard InChI is InChI=1S/C29H35Cl2FN2O3/c1-17-13-18(30)11-12-21(17)29(16-33)24(14-28(2,3)4)34-27(23(37)10-5-7-19(36)15-35)25(29)20-8-6-9-22(31)26(20)32/h6,8-9,11-13,19,24-25,27,34-36H,5,7,10,14-15H2,1-4H3/t19-,24-,25-,27-,29-/m0/s1. The van der Waals surface area contributed by atoms with Gasteiger partial charge in [-0.05, 0) is 66.5 Å². The van der Waals surface area contributed by atoms with Gasteiger partial charge in [0.1, 0.15) is 17.0 Å². The largest absolute Gasteiger partial charge is 0.394 e. The van der Waals surface area contributed by atoms with E-state index in [0.29, 0.717) is 23.4 Å². The van der Waals surface area contributed by atoms with Gasteiger partial charge in [0, 0.05) is 23.4 Å². The van der Waals surface area contributed by atoms with Crippen LogP contribution in [0.5, 0.6) is 0 Å². The Morgan fingerprint density at radius 3 is 2.57 bits per heavy atom. The number of aliphatic hydroxyl groups is 2. The molecule has 1 aliphatic heterocycles. The van der Waals surface area contributed by atoms with Gasteiger partial charge in [-0.3, -0.25) is 4.79 Å². The van der Waals surface area contributed by atoms with Crippen molar-refractivity contribution < 1.29 is 19.4 Å². The van der Waals surface area contributed by atoms with Crippen LogP contribution in [0.4, 0.5) is 4.39 Å². The fourth-order valence-corrected chi connectivity index (χ4v) is 6.04. The molecule has 5 atom stereocenters. The maximum absolute atomic E-state index is 15.7. The van der Waals surface area contributed by atoms with Gasteiger partial charge >= 0.3 is 0 Å². The van der Waals surface area contributed by atoms with Crippen LogP contribution in [0, 0.1) is 29.5 Å². The lowest BCUT2D eigenvalue weighted by Gasteiger charge is -2.38. The van der Waals surface area contributed by atoms with E-state index in [1.165, 1.54) is 6.07 Å². The van der Waals surface area contributed by atoms with Crippen LogP contribution >= 0.6 is 23.2 Å². The van der Waals surface area contributed by atoms with Crippen LogP contribution in [0.2, 0.25) is 10.0 Å². The molecule has 0 aromatic heterocycles. The maximum Gasteiger partial charge on any atom is 0.150 e. The summed E-state index contributed by atoms with van der Waals surface area (Å²) in [5.74, 6) is -1.69. The van der Waals surface area contributed by atoms with Gasteiger partial charge < -0.3 is 15.5 Å². The highest BCUT2D eigenvalue weighted by Crippen LogP contribution is 2.53. The van der Waals surface area contributed by atoms with E-state index in [2.05, 4.69) is 32.2 Å². The molecule has 1 fully saturated rings. The summed E-state index contributed by atoms with van der Waals surface area (Å²) in [7, 11) is 0. The van der Waals surface area contributed by atoms with E-state index in [-0.39, 0.29) is 41.2 Å². The monoisotopic (exact) mass is 548 g/mol. The lowest BCUT2D eigenvalue weighted by molar-refractivity contribution is -0.121. The normalized spacial score (nSPS) is 24.6. The molecule has 0 aliphatic carbocycles. The first-order valence-corrected chi connectivity index (χ1v) is 13.3. The number of carbonyl (C=O) groups excluding carboxylic acids is 1. The average Bonchev–Trinajstić information content (AvgIpc) is 3.13. The SMILES string of the molecule is Cc1cc(Cl)ccc1[C@@]1(C#N)[C@H](CC(C)(C)C)N[C@@H](C(=O)CCC[C@H](O)CO)[C@@H]1c1cccc(Cl)c1F. The molecule has 0 spiro atoms. The third kappa shape index (κ3) is 6.19. The maximum atomic E-state index is 15.7. The number of nitrogens with one attached hydrogen (secondary N) is 1. The number of carbonyl (C=O) groups is 1. The summed E-state index contributed by atoms with van der Waals surface area (Å²) in [6, 6.07) is 11.2. The Bertz CT molecular complexity index is 1180. The molecular formula is C29H35Cl2FN2O3. The Hall–Kier alpha value is -2.01. The van der Waals surface area contributed by atoms with Crippen molar-refractivity contribution in [2.45, 2.75) is 82.9 Å². The summed E-state index contributed by atoms with van der Waals surface area (Å²) >= 11 is 12.5. The van der Waals surface area contributed by atoms with Crippen LogP contribution in [0.25, 0.3) is 0 Å². The highest BCUT2D eigenvalue weighted by atomic mass is 35.5. The first-order chi connectivity index (χ1) is 17.4. The van der Waals surface area contributed by atoms with Gasteiger partial charge in [0.2, 0.25) is 0 Å². The minimum absolute atomic E-state index is 0.0753. The molecule has 0 saturated carbocycles. The van der Waals surface area contributed by atoms with Gasteiger partial charge in [0.05, 0.1) is 29.8 Å². The number of nitriles is 1. The van der Waals surface area contributed by atoms with E-state index >= 15 is 4.39 Å². The van der Waals surface area contributed by atoms with Gasteiger partial charge in [-0.2, -0.15) is 5.26 Å². The molecule has 0 amide bonds. The second-order valence-electron chi connectivity index (χ2n) is 11.2. The Kier molecular flexibility index (Phi) is 9.42. The Morgan fingerprint density at radius 1 is 1.27 bits per heavy atom. The number of Topliss-reactive ketones (excluding diaryl/α,β-unsaturated/α-hetero) is 1. The van der Waals surface area contributed by atoms with E-state index < -0.39 is 35.3 Å². The molecule has 2 aromatic rings. The number of rotatable bonds is 9. The molecule has 0 bridgehead atoms. The van der Waals surface area contributed by atoms with Crippen LogP contribution in [0.15, 0.2) is 36.4 Å². The van der Waals surface area contributed by atoms with Crippen LogP contribution in [-0.4, -0.2) is 40.8 Å². The summed E-state index contributed by atoms with van der Waals surface area (Å²) in [4.78, 5) is 13.7. The van der Waals surface area contributed by atoms with Gasteiger partial charge in [0.15, 0.2) is 0 Å². The van der Waals surface area contributed by atoms with E-state index in [0.717, 1.165) is 5.56 Å². The molecule has 1 aliphatic rings. The van der Waals surface area contributed by atoms with Crippen molar-refractivity contribution in [2.75, 3.05) is 6.61 Å². The van der Waals surface area contributed by atoms with Gasteiger partial charge in [-0.15, -0.1) is 0 Å². The average molecular weight is 550 g/mol. The minimum atomic E-state index is -1.29. The number of ketones is 1. The van der Waals surface area contributed by atoms with Crippen molar-refractivity contribution in [3.05, 3.63) is 69.0 Å². The number of benzene rings is 2. The molecule has 1 heterocycles. The zero-order valence-corrected chi connectivity index (χ0v) is 23.2. The highest BCUT2D eigenvalue weighted by Gasteiger charge is 2.60. The molecule has 5 nitrogen and oxygen atoms in total. The minimum Gasteiger partial charge on any atom is -0.394 e. The predicted octanol–water partition coefficient (Wildman–Crippen LogP) is 5.86. The number of nitrogens with zero attached hydrogens (tertiary/aromatic N) is 1. The second kappa shape index (κ2) is 11.8. The molecule has 0 unspecified atom stereocenters. The van der Waals surface area contributed by atoms with Crippen molar-refractivity contribution in [1.82, 2.24) is 5.32 Å². The molecule has 3 N–H and O–H groups in total. The van der Waals surface area contributed by atoms with Crippen molar-refractivity contribution in [1.29, 1.82) is 5.26 Å². The first kappa shape index (κ1) is 29.5. The van der Waals surface area contributed by atoms with Gasteiger partial charge in [-0.25, -0.2) is 4.39 Å². The number of halogens is 3. The van der Waals surface area contributed by atoms with Crippen molar-refractivity contribution in [3.63, 3.8) is 0 Å². The third-order valence-corrected chi connectivity index (χ3v) is 7.75. The van der Waals surface area contributed by atoms with Crippen molar-refractivity contribution >= 4 is 29.0 Å². The van der Waals surface area contributed by atoms with E-state index in [1.807, 2.05) is 6.92 Å². The quantitative estimate of drug-likeness (QED) is 0.365. The van der Waals surface area contributed by atoms with Crippen LogP contribution in [0.3, 0.4) is 0 Å². The molecule has 37 heavy (non-hydrogen) atoms. The zero-order chi connectivity index (χ0) is 27.5. The lowest BCUT2D eigenvalue weighted by Crippen LogP contribution is -2.44. The Labute approximate surface area is 228 Å². The number of aryl methyl sites for hydroxylation is 1. The molecule has 1 saturated heterocycles. The molecular weight excluding hydrogens is 514 g/mol. The molecule has 8 heteroatoms. The Morgan fingerprint density at radius 2 is 1.97 bits per heavy atom. The molecule has 2 aromatic carbocycles. The summed E-state index contributed by atoms with van der Waals surface area (Å²) in [6.07, 6.45) is 0.364. The van der Waals surface area contributed by atoms with Gasteiger partial charge in [0.25, 0.3) is 0 Å². The summed E-state index contributed by atoms with van der Waals surface area (Å²) < 4.78 is 15.7. The van der Waals surface area contributed by atoms with Crippen molar-refractivity contribution in [2.24, 2.45) is 5.41 Å². The summed E-state index contributed by atoms with van der Waals surface area (Å²) in [5.41, 5.74) is 0.179. The lowest BCUT2D eigenvalue weighted by atomic mass is 9.61. The first-order valence-electron chi connectivity index (χ1n) is 12.5. The molecule has 200 valence electrons. The number of hydrogen-bond donors (Lipinski definition) is 3. The second-order valence-corrected chi connectivity index (χ2v) is 12.1. The fraction of sp³-hybridized carbons (Fsp3) is 0.517.